The highest BCUT2D eigenvalue weighted by molar-refractivity contribution is 14.1. The van der Waals surface area contributed by atoms with Gasteiger partial charge in [-0.1, -0.05) is 5.92 Å². The monoisotopic (exact) mass is 476 g/mol. The molecule has 0 amide bonds. The number of benzene rings is 1. The Labute approximate surface area is 170 Å². The van der Waals surface area contributed by atoms with Gasteiger partial charge in [0.25, 0.3) is 0 Å². The summed E-state index contributed by atoms with van der Waals surface area (Å²) >= 11 is 2.16. The first-order valence-corrected chi connectivity index (χ1v) is 9.24. The van der Waals surface area contributed by atoms with Gasteiger partial charge < -0.3 is 19.9 Å². The molecule has 2 aromatic rings. The molecule has 3 N–H and O–H groups in total. The molecule has 27 heavy (non-hydrogen) atoms. The summed E-state index contributed by atoms with van der Waals surface area (Å²) in [6.45, 7) is 4.35. The predicted molar refractivity (Wildman–Crippen MR) is 107 cm³/mol. The van der Waals surface area contributed by atoms with Crippen LogP contribution in [0.25, 0.3) is 0 Å². The Bertz CT molecular complexity index is 998. The number of nitrogens with two attached hydrogens (primary N) is 1. The molecule has 0 aliphatic carbocycles. The van der Waals surface area contributed by atoms with E-state index in [1.807, 2.05) is 26.0 Å². The molecule has 1 aliphatic heterocycles. The third-order valence-electron chi connectivity index (χ3n) is 4.09. The second-order valence-electron chi connectivity index (χ2n) is 5.75. The average molecular weight is 476 g/mol. The maximum atomic E-state index is 9.68. The number of aromatic nitrogens is 2. The second kappa shape index (κ2) is 7.80. The maximum absolute atomic E-state index is 9.68. The van der Waals surface area contributed by atoms with Crippen molar-refractivity contribution in [2.45, 2.75) is 19.8 Å². The van der Waals surface area contributed by atoms with Crippen molar-refractivity contribution in [3.8, 4) is 35.8 Å². The van der Waals surface area contributed by atoms with Crippen LogP contribution in [-0.2, 0) is 0 Å². The zero-order valence-corrected chi connectivity index (χ0v) is 17.0. The molecule has 7 nitrogen and oxygen atoms in total. The summed E-state index contributed by atoms with van der Waals surface area (Å²) in [6, 6.07) is 5.93. The van der Waals surface area contributed by atoms with Crippen molar-refractivity contribution in [3.05, 3.63) is 44.0 Å². The van der Waals surface area contributed by atoms with Crippen molar-refractivity contribution >= 4 is 22.6 Å². The van der Waals surface area contributed by atoms with E-state index in [1.165, 1.54) is 0 Å². The Morgan fingerprint density at radius 1 is 1.44 bits per heavy atom. The Kier molecular flexibility index (Phi) is 5.47. The van der Waals surface area contributed by atoms with Gasteiger partial charge >= 0.3 is 0 Å². The Hall–Kier alpha value is -2.85. The standard InChI is InChI=1S/C19H17IN4O3/c1-4-6-26-17-13(20)7-11(8-14(17)25-5-2)16-12(9-21)18(22)27-19-15(16)10(3)23-24-19/h1,7-8,16H,5-6,22H2,2-3H3,(H,23,24)/t16-/m0/s1. The first-order chi connectivity index (χ1) is 13.0. The van der Waals surface area contributed by atoms with Crippen LogP contribution in [0.5, 0.6) is 17.4 Å². The lowest BCUT2D eigenvalue weighted by molar-refractivity contribution is 0.297. The summed E-state index contributed by atoms with van der Waals surface area (Å²) in [5.74, 6) is 3.57. The number of ether oxygens (including phenoxy) is 3. The molecule has 3 rings (SSSR count). The van der Waals surface area contributed by atoms with Gasteiger partial charge in [-0.15, -0.1) is 11.5 Å². The van der Waals surface area contributed by atoms with E-state index in [0.717, 1.165) is 20.4 Å². The summed E-state index contributed by atoms with van der Waals surface area (Å²) in [6.07, 6.45) is 5.31. The zero-order valence-electron chi connectivity index (χ0n) is 14.8. The summed E-state index contributed by atoms with van der Waals surface area (Å²) in [7, 11) is 0. The molecule has 2 heterocycles. The number of nitrogens with zero attached hydrogens (tertiary/aromatic N) is 2. The molecule has 8 heteroatoms. The number of H-pyrrole nitrogens is 1. The SMILES string of the molecule is C#CCOc1c(I)cc([C@H]2C(C#N)=C(N)Oc3n[nH]c(C)c32)cc1OCC. The number of hydrogen-bond acceptors (Lipinski definition) is 6. The molecule has 0 unspecified atom stereocenters. The normalized spacial score (nSPS) is 15.4. The highest BCUT2D eigenvalue weighted by atomic mass is 127. The van der Waals surface area contributed by atoms with Gasteiger partial charge in [0.2, 0.25) is 11.8 Å². The fourth-order valence-electron chi connectivity index (χ4n) is 3.00. The van der Waals surface area contributed by atoms with E-state index in [4.69, 9.17) is 26.4 Å². The van der Waals surface area contributed by atoms with Crippen molar-refractivity contribution < 1.29 is 14.2 Å². The van der Waals surface area contributed by atoms with E-state index in [9.17, 15) is 5.26 Å². The smallest absolute Gasteiger partial charge is 0.244 e. The molecular weight excluding hydrogens is 459 g/mol. The van der Waals surface area contributed by atoms with E-state index >= 15 is 0 Å². The molecule has 0 spiro atoms. The third kappa shape index (κ3) is 3.40. The van der Waals surface area contributed by atoms with E-state index in [0.29, 0.717) is 29.6 Å². The number of halogens is 1. The average Bonchev–Trinajstić information content (AvgIpc) is 3.00. The van der Waals surface area contributed by atoms with Crippen LogP contribution >= 0.6 is 22.6 Å². The molecule has 138 valence electrons. The van der Waals surface area contributed by atoms with Crippen molar-refractivity contribution in [2.75, 3.05) is 13.2 Å². The van der Waals surface area contributed by atoms with Gasteiger partial charge in [-0.05, 0) is 54.1 Å². The van der Waals surface area contributed by atoms with Crippen molar-refractivity contribution in [2.24, 2.45) is 5.73 Å². The highest BCUT2D eigenvalue weighted by Crippen LogP contribution is 2.45. The Morgan fingerprint density at radius 2 is 2.22 bits per heavy atom. The third-order valence-corrected chi connectivity index (χ3v) is 4.90. The zero-order chi connectivity index (χ0) is 19.6. The molecule has 1 aromatic heterocycles. The van der Waals surface area contributed by atoms with Crippen LogP contribution in [0.3, 0.4) is 0 Å². The number of hydrogen-bond donors (Lipinski definition) is 2. The van der Waals surface area contributed by atoms with Crippen molar-refractivity contribution in [1.82, 2.24) is 10.2 Å². The first-order valence-electron chi connectivity index (χ1n) is 8.16. The van der Waals surface area contributed by atoms with Crippen molar-refractivity contribution in [1.29, 1.82) is 5.26 Å². The molecular formula is C19H17IN4O3. The van der Waals surface area contributed by atoms with Crippen LogP contribution < -0.4 is 19.9 Å². The molecule has 0 bridgehead atoms. The van der Waals surface area contributed by atoms with Gasteiger partial charge in [0.15, 0.2) is 11.5 Å². The fourth-order valence-corrected chi connectivity index (χ4v) is 3.78. The van der Waals surface area contributed by atoms with Crippen molar-refractivity contribution in [3.63, 3.8) is 0 Å². The Morgan fingerprint density at radius 3 is 2.89 bits per heavy atom. The largest absolute Gasteiger partial charge is 0.490 e. The van der Waals surface area contributed by atoms with E-state index < -0.39 is 5.92 Å². The van der Waals surface area contributed by atoms with Gasteiger partial charge in [-0.2, -0.15) is 5.26 Å². The second-order valence-corrected chi connectivity index (χ2v) is 6.91. The summed E-state index contributed by atoms with van der Waals surface area (Å²) in [4.78, 5) is 0. The summed E-state index contributed by atoms with van der Waals surface area (Å²) in [5, 5.41) is 16.7. The maximum Gasteiger partial charge on any atom is 0.244 e. The lowest BCUT2D eigenvalue weighted by Gasteiger charge is -2.25. The number of fused-ring (bicyclic) bond motifs is 1. The molecule has 1 aliphatic rings. The number of nitrogens with one attached hydrogen (secondary N) is 1. The summed E-state index contributed by atoms with van der Waals surface area (Å²) in [5.41, 5.74) is 8.69. The minimum Gasteiger partial charge on any atom is -0.490 e. The van der Waals surface area contributed by atoms with Gasteiger partial charge in [0.1, 0.15) is 18.2 Å². The topological polar surface area (TPSA) is 106 Å². The first kappa shape index (κ1) is 18.9. The molecule has 0 saturated carbocycles. The highest BCUT2D eigenvalue weighted by Gasteiger charge is 2.35. The quantitative estimate of drug-likeness (QED) is 0.508. The number of allylic oxidation sites excluding steroid dienone is 1. The number of rotatable bonds is 5. The van der Waals surface area contributed by atoms with Crippen LogP contribution in [0.1, 0.15) is 29.7 Å². The molecule has 1 atom stereocenters. The Balaban J connectivity index is 2.19. The van der Waals surface area contributed by atoms with Gasteiger partial charge in [0, 0.05) is 11.3 Å². The summed E-state index contributed by atoms with van der Waals surface area (Å²) < 4.78 is 17.7. The van der Waals surface area contributed by atoms with E-state index in [-0.39, 0.29) is 12.5 Å². The lowest BCUT2D eigenvalue weighted by Crippen LogP contribution is -2.21. The van der Waals surface area contributed by atoms with E-state index in [2.05, 4.69) is 44.8 Å². The number of terminal acetylenes is 1. The predicted octanol–water partition coefficient (Wildman–Crippen LogP) is 2.95. The number of aryl methyl sites for hydroxylation is 1. The number of nitriles is 1. The molecule has 0 radical (unpaired) electrons. The van der Waals surface area contributed by atoms with Crippen LogP contribution in [-0.4, -0.2) is 23.4 Å². The lowest BCUT2D eigenvalue weighted by atomic mass is 9.84. The number of aromatic amines is 1. The van der Waals surface area contributed by atoms with Gasteiger partial charge in [-0.3, -0.25) is 5.10 Å². The van der Waals surface area contributed by atoms with Crippen LogP contribution in [0.4, 0.5) is 0 Å². The van der Waals surface area contributed by atoms with Crippen LogP contribution in [0.2, 0.25) is 0 Å². The van der Waals surface area contributed by atoms with Crippen LogP contribution in [0, 0.1) is 34.2 Å². The minimum absolute atomic E-state index is 0.0436. The molecule has 0 saturated heterocycles. The van der Waals surface area contributed by atoms with Crippen LogP contribution in [0.15, 0.2) is 23.6 Å². The minimum atomic E-state index is -0.424. The van der Waals surface area contributed by atoms with Gasteiger partial charge in [0.05, 0.1) is 16.1 Å². The molecule has 0 fully saturated rings. The van der Waals surface area contributed by atoms with E-state index in [1.54, 1.807) is 0 Å². The molecule has 1 aromatic carbocycles. The fraction of sp³-hybridized carbons (Fsp3) is 0.263. The van der Waals surface area contributed by atoms with Gasteiger partial charge in [-0.25, -0.2) is 0 Å².